The first-order valence-electron chi connectivity index (χ1n) is 13.7. The molecule has 0 spiro atoms. The first kappa shape index (κ1) is 28.7. The lowest BCUT2D eigenvalue weighted by Crippen LogP contribution is -2.24. The molecule has 40 heavy (non-hydrogen) atoms. The van der Waals surface area contributed by atoms with Crippen LogP contribution in [0.15, 0.2) is 48.5 Å². The number of carbonyl (C=O) groups is 1. The summed E-state index contributed by atoms with van der Waals surface area (Å²) in [5, 5.41) is 17.1. The Morgan fingerprint density at radius 2 is 1.88 bits per heavy atom. The molecule has 4 rings (SSSR count). The molecule has 0 radical (unpaired) electrons. The summed E-state index contributed by atoms with van der Waals surface area (Å²) in [5.41, 5.74) is 5.57. The third-order valence-corrected chi connectivity index (χ3v) is 6.73. The number of aryl methyl sites for hydroxylation is 1. The van der Waals surface area contributed by atoms with Crippen LogP contribution in [0.25, 0.3) is 17.0 Å². The van der Waals surface area contributed by atoms with Crippen LogP contribution in [-0.2, 0) is 22.5 Å². The summed E-state index contributed by atoms with van der Waals surface area (Å²) in [6.07, 6.45) is 9.60. The number of anilines is 1. The fraction of sp³-hybridized carbons (Fsp3) is 0.400. The van der Waals surface area contributed by atoms with E-state index in [0.29, 0.717) is 37.5 Å². The number of fused-ring (bicyclic) bond motifs is 2. The Kier molecular flexibility index (Phi) is 10.5. The van der Waals surface area contributed by atoms with E-state index in [1.165, 1.54) is 35.9 Å². The highest BCUT2D eigenvalue weighted by atomic mass is 16.9. The first-order valence-corrected chi connectivity index (χ1v) is 13.7. The average molecular weight is 549 g/mol. The van der Waals surface area contributed by atoms with E-state index in [-0.39, 0.29) is 12.5 Å². The van der Waals surface area contributed by atoms with E-state index in [9.17, 15) is 14.9 Å². The summed E-state index contributed by atoms with van der Waals surface area (Å²) in [6.45, 7) is 1.74. The normalized spacial score (nSPS) is 12.6. The molecule has 212 valence electrons. The van der Waals surface area contributed by atoms with Crippen LogP contribution in [0.4, 0.5) is 5.69 Å². The van der Waals surface area contributed by atoms with Crippen LogP contribution in [-0.4, -0.2) is 49.4 Å². The van der Waals surface area contributed by atoms with E-state index in [1.54, 1.807) is 25.3 Å². The topological polar surface area (TPSA) is 125 Å². The highest BCUT2D eigenvalue weighted by molar-refractivity contribution is 5.93. The van der Waals surface area contributed by atoms with Crippen LogP contribution in [0, 0.1) is 10.1 Å². The predicted molar refractivity (Wildman–Crippen MR) is 154 cm³/mol. The number of amides is 1. The molecule has 0 saturated heterocycles. The van der Waals surface area contributed by atoms with Gasteiger partial charge in [-0.1, -0.05) is 24.3 Å². The number of ether oxygens (including phenoxy) is 2. The van der Waals surface area contributed by atoms with E-state index >= 15 is 0 Å². The van der Waals surface area contributed by atoms with Crippen molar-refractivity contribution in [2.45, 2.75) is 44.9 Å². The van der Waals surface area contributed by atoms with Gasteiger partial charge in [-0.15, -0.1) is 10.1 Å². The van der Waals surface area contributed by atoms with Crippen molar-refractivity contribution in [3.63, 3.8) is 0 Å². The number of carbonyl (C=O) groups excluding carboxylic acids is 1. The maximum Gasteiger partial charge on any atom is 0.294 e. The molecule has 0 atom stereocenters. The van der Waals surface area contributed by atoms with Crippen LogP contribution in [0.3, 0.4) is 0 Å². The van der Waals surface area contributed by atoms with Crippen molar-refractivity contribution < 1.29 is 24.2 Å². The van der Waals surface area contributed by atoms with Gasteiger partial charge in [0.2, 0.25) is 5.91 Å². The lowest BCUT2D eigenvalue weighted by Gasteiger charge is -2.21. The van der Waals surface area contributed by atoms with Gasteiger partial charge in [0, 0.05) is 35.9 Å². The predicted octanol–water partition coefficient (Wildman–Crippen LogP) is 5.12. The molecule has 1 heterocycles. The van der Waals surface area contributed by atoms with Crippen molar-refractivity contribution >= 4 is 28.6 Å². The molecule has 0 bridgehead atoms. The van der Waals surface area contributed by atoms with Gasteiger partial charge < -0.3 is 24.9 Å². The van der Waals surface area contributed by atoms with Crippen molar-refractivity contribution in [3.8, 4) is 11.5 Å². The summed E-state index contributed by atoms with van der Waals surface area (Å²) in [6, 6.07) is 13.7. The van der Waals surface area contributed by atoms with Gasteiger partial charge >= 0.3 is 0 Å². The zero-order valence-corrected chi connectivity index (χ0v) is 22.8. The lowest BCUT2D eigenvalue weighted by molar-refractivity contribution is -0.757. The fourth-order valence-electron chi connectivity index (χ4n) is 4.75. The maximum absolute atomic E-state index is 12.4. The minimum absolute atomic E-state index is 0.0412. The van der Waals surface area contributed by atoms with Gasteiger partial charge in [0.25, 0.3) is 5.09 Å². The van der Waals surface area contributed by atoms with Crippen molar-refractivity contribution in [2.24, 2.45) is 0 Å². The summed E-state index contributed by atoms with van der Waals surface area (Å²) in [7, 11) is 1.55. The Morgan fingerprint density at radius 1 is 1.05 bits per heavy atom. The second kappa shape index (κ2) is 14.7. The molecule has 0 aliphatic heterocycles. The average Bonchev–Trinajstić information content (AvgIpc) is 2.97. The Hall–Kier alpha value is -4.34. The molecule has 1 amide bonds. The second-order valence-electron chi connectivity index (χ2n) is 9.56. The van der Waals surface area contributed by atoms with Crippen LogP contribution in [0.5, 0.6) is 11.5 Å². The molecule has 0 saturated carbocycles. The van der Waals surface area contributed by atoms with Gasteiger partial charge in [0.15, 0.2) is 11.5 Å². The number of nitrogens with one attached hydrogen (secondary N) is 2. The van der Waals surface area contributed by atoms with Gasteiger partial charge in [-0.05, 0) is 80.3 Å². The number of hydrogen-bond donors (Lipinski definition) is 2. The largest absolute Gasteiger partial charge is 0.493 e. The number of unbranched alkanes of at least 4 members (excludes halogenated alkanes) is 1. The molecule has 0 fully saturated rings. The number of para-hydroxylation sites is 1. The molecule has 2 N–H and O–H groups in total. The zero-order valence-electron chi connectivity index (χ0n) is 22.8. The Labute approximate surface area is 233 Å². The summed E-state index contributed by atoms with van der Waals surface area (Å²) < 4.78 is 11.1. The number of aromatic nitrogens is 1. The number of methoxy groups -OCH3 is 1. The molecule has 10 nitrogen and oxygen atoms in total. The lowest BCUT2D eigenvalue weighted by atomic mass is 9.92. The molecule has 0 unspecified atom stereocenters. The fourth-order valence-corrected chi connectivity index (χ4v) is 4.75. The monoisotopic (exact) mass is 548 g/mol. The Bertz CT molecular complexity index is 1340. The minimum atomic E-state index is -0.801. The van der Waals surface area contributed by atoms with Crippen LogP contribution >= 0.6 is 0 Å². The third-order valence-electron chi connectivity index (χ3n) is 6.73. The standard InChI is InChI=1S/C30H36N4O6/c1-38-28-21-22(13-15-27(28)39-19-6-7-20-40-34(36)37)14-16-29(35)31-17-8-18-32-30-23-9-2-4-11-25(23)33-26-12-5-3-10-24(26)30/h2,4,9,11,13-16,21H,3,5-8,10,12,17-20H2,1H3,(H,31,35)(H,32,33)/b16-14+. The SMILES string of the molecule is COc1cc(/C=C/C(=O)NCCCNc2c3c(nc4ccccc24)CCCC3)ccc1OCCCCO[N+](=O)[O-]. The zero-order chi connectivity index (χ0) is 28.2. The highest BCUT2D eigenvalue weighted by Crippen LogP contribution is 2.33. The van der Waals surface area contributed by atoms with Gasteiger partial charge in [0.05, 0.1) is 25.8 Å². The van der Waals surface area contributed by atoms with Gasteiger partial charge in [-0.25, -0.2) is 0 Å². The summed E-state index contributed by atoms with van der Waals surface area (Å²) in [4.78, 5) is 31.7. The minimum Gasteiger partial charge on any atom is -0.493 e. The van der Waals surface area contributed by atoms with Crippen molar-refractivity contribution in [1.82, 2.24) is 10.3 Å². The van der Waals surface area contributed by atoms with E-state index in [4.69, 9.17) is 14.5 Å². The Morgan fingerprint density at radius 3 is 2.73 bits per heavy atom. The molecular formula is C30H36N4O6. The molecule has 1 aliphatic rings. The Balaban J connectivity index is 1.21. The number of pyridine rings is 1. The number of benzene rings is 2. The molecule has 2 aromatic carbocycles. The number of nitrogens with zero attached hydrogens (tertiary/aromatic N) is 2. The quantitative estimate of drug-likeness (QED) is 0.116. The summed E-state index contributed by atoms with van der Waals surface area (Å²) >= 11 is 0. The van der Waals surface area contributed by atoms with E-state index in [2.05, 4.69) is 27.6 Å². The second-order valence-corrected chi connectivity index (χ2v) is 9.56. The highest BCUT2D eigenvalue weighted by Gasteiger charge is 2.17. The van der Waals surface area contributed by atoms with Gasteiger partial charge in [0.1, 0.15) is 0 Å². The molecule has 1 aromatic heterocycles. The van der Waals surface area contributed by atoms with E-state index < -0.39 is 5.09 Å². The third kappa shape index (κ3) is 8.08. The number of rotatable bonds is 15. The van der Waals surface area contributed by atoms with Crippen LogP contribution in [0.1, 0.15) is 48.9 Å². The first-order chi connectivity index (χ1) is 19.5. The van der Waals surface area contributed by atoms with Crippen LogP contribution < -0.4 is 20.1 Å². The van der Waals surface area contributed by atoms with Gasteiger partial charge in [-0.3, -0.25) is 9.78 Å². The maximum atomic E-state index is 12.4. The molecule has 3 aromatic rings. The smallest absolute Gasteiger partial charge is 0.294 e. The van der Waals surface area contributed by atoms with Crippen LogP contribution in [0.2, 0.25) is 0 Å². The van der Waals surface area contributed by atoms with E-state index in [0.717, 1.165) is 42.3 Å². The van der Waals surface area contributed by atoms with E-state index in [1.807, 2.05) is 18.2 Å². The van der Waals surface area contributed by atoms with Crippen molar-refractivity contribution in [1.29, 1.82) is 0 Å². The molecular weight excluding hydrogens is 512 g/mol. The number of hydrogen-bond acceptors (Lipinski definition) is 8. The van der Waals surface area contributed by atoms with Crippen molar-refractivity contribution in [3.05, 3.63) is 75.5 Å². The van der Waals surface area contributed by atoms with Gasteiger partial charge in [-0.2, -0.15) is 0 Å². The van der Waals surface area contributed by atoms with Crippen molar-refractivity contribution in [2.75, 3.05) is 38.7 Å². The molecule has 1 aliphatic carbocycles. The summed E-state index contributed by atoms with van der Waals surface area (Å²) in [5.74, 6) is 0.944. The molecule has 10 heteroatoms.